The van der Waals surface area contributed by atoms with Gasteiger partial charge < -0.3 is 14.4 Å². The number of hydrogen-bond donors (Lipinski definition) is 1. The Bertz CT molecular complexity index is 600. The van der Waals surface area contributed by atoms with E-state index in [0.717, 1.165) is 30.8 Å². The lowest BCUT2D eigenvalue weighted by atomic mass is 10.1. The first-order valence-electron chi connectivity index (χ1n) is 8.77. The molecule has 1 amide bonds. The van der Waals surface area contributed by atoms with Crippen LogP contribution in [0.15, 0.2) is 24.3 Å². The van der Waals surface area contributed by atoms with E-state index < -0.39 is 5.79 Å². The maximum atomic E-state index is 13.2. The number of benzene rings is 1. The minimum absolute atomic E-state index is 0.0306. The average molecular weight is 317 g/mol. The van der Waals surface area contributed by atoms with E-state index in [9.17, 15) is 4.79 Å². The van der Waals surface area contributed by atoms with E-state index in [4.69, 9.17) is 9.47 Å². The highest BCUT2D eigenvalue weighted by Crippen LogP contribution is 2.45. The Kier molecular flexibility index (Phi) is 3.87. The number of carbonyl (C=O) groups excluding carboxylic acids is 1. The van der Waals surface area contributed by atoms with Crippen LogP contribution in [0.25, 0.3) is 0 Å². The molecule has 23 heavy (non-hydrogen) atoms. The van der Waals surface area contributed by atoms with Crippen LogP contribution in [0.2, 0.25) is 0 Å². The van der Waals surface area contributed by atoms with Gasteiger partial charge in [-0.2, -0.15) is 0 Å². The predicted octanol–water partition coefficient (Wildman–Crippen LogP) is 1.04. The summed E-state index contributed by atoms with van der Waals surface area (Å²) in [4.78, 5) is 16.6. The number of para-hydroxylation sites is 1. The zero-order chi connectivity index (χ0) is 15.9. The van der Waals surface area contributed by atoms with E-state index in [0.29, 0.717) is 13.3 Å². The summed E-state index contributed by atoms with van der Waals surface area (Å²) in [6.07, 6.45) is 4.65. The fraction of sp³-hybridized carbons (Fsp3) is 0.611. The van der Waals surface area contributed by atoms with Gasteiger partial charge in [0, 0.05) is 5.56 Å². The number of quaternary nitrogens is 1. The van der Waals surface area contributed by atoms with Gasteiger partial charge in [0.25, 0.3) is 11.7 Å². The first-order valence-corrected chi connectivity index (χ1v) is 8.77. The largest absolute Gasteiger partial charge is 0.338 e. The molecule has 0 aromatic heterocycles. The van der Waals surface area contributed by atoms with Crippen molar-refractivity contribution >= 4 is 11.6 Å². The van der Waals surface area contributed by atoms with Crippen LogP contribution < -0.4 is 9.80 Å². The van der Waals surface area contributed by atoms with Crippen molar-refractivity contribution in [1.82, 2.24) is 0 Å². The van der Waals surface area contributed by atoms with E-state index in [-0.39, 0.29) is 12.0 Å². The van der Waals surface area contributed by atoms with Crippen LogP contribution in [0, 0.1) is 0 Å². The lowest BCUT2D eigenvalue weighted by molar-refractivity contribution is -0.903. The van der Waals surface area contributed by atoms with Gasteiger partial charge in [-0.15, -0.1) is 0 Å². The second kappa shape index (κ2) is 5.89. The summed E-state index contributed by atoms with van der Waals surface area (Å²) >= 11 is 0. The zero-order valence-corrected chi connectivity index (χ0v) is 13.7. The van der Waals surface area contributed by atoms with E-state index in [1.54, 1.807) is 0 Å². The predicted molar refractivity (Wildman–Crippen MR) is 86.1 cm³/mol. The molecular weight excluding hydrogens is 292 g/mol. The Morgan fingerprint density at radius 3 is 2.83 bits per heavy atom. The molecule has 2 fully saturated rings. The molecular formula is C18H25N2O3+. The van der Waals surface area contributed by atoms with Crippen LogP contribution in [0.1, 0.15) is 38.2 Å². The number of nitrogens with zero attached hydrogens (tertiary/aromatic N) is 1. The zero-order valence-electron chi connectivity index (χ0n) is 13.7. The van der Waals surface area contributed by atoms with Crippen molar-refractivity contribution in [2.45, 2.75) is 44.5 Å². The van der Waals surface area contributed by atoms with Crippen molar-refractivity contribution in [3.05, 3.63) is 29.8 Å². The molecule has 1 N–H and O–H groups in total. The van der Waals surface area contributed by atoms with Crippen LogP contribution in [0.4, 0.5) is 5.69 Å². The number of nitrogens with one attached hydrogen (secondary N) is 1. The second-order valence-electron chi connectivity index (χ2n) is 6.90. The molecule has 5 heteroatoms. The van der Waals surface area contributed by atoms with Crippen molar-refractivity contribution in [2.75, 3.05) is 31.3 Å². The Labute approximate surface area is 137 Å². The molecule has 1 spiro atoms. The normalized spacial score (nSPS) is 31.6. The van der Waals surface area contributed by atoms with Gasteiger partial charge in [-0.3, -0.25) is 9.69 Å². The van der Waals surface area contributed by atoms with Gasteiger partial charge in [0.2, 0.25) is 0 Å². The summed E-state index contributed by atoms with van der Waals surface area (Å²) in [5, 5.41) is 0. The number of anilines is 1. The molecule has 2 saturated heterocycles. The average Bonchev–Trinajstić information content (AvgIpc) is 2.79. The number of rotatable bonds is 2. The molecule has 0 unspecified atom stereocenters. The van der Waals surface area contributed by atoms with Crippen LogP contribution in [0.3, 0.4) is 0 Å². The third-order valence-corrected chi connectivity index (χ3v) is 5.22. The van der Waals surface area contributed by atoms with E-state index >= 15 is 0 Å². The van der Waals surface area contributed by atoms with Gasteiger partial charge in [-0.1, -0.05) is 18.2 Å². The summed E-state index contributed by atoms with van der Waals surface area (Å²) in [5.41, 5.74) is 1.82. The van der Waals surface area contributed by atoms with Gasteiger partial charge in [0.05, 0.1) is 31.5 Å². The van der Waals surface area contributed by atoms with Gasteiger partial charge in [-0.25, -0.2) is 0 Å². The summed E-state index contributed by atoms with van der Waals surface area (Å²) in [6, 6.07) is 7.92. The van der Waals surface area contributed by atoms with Crippen LogP contribution >= 0.6 is 0 Å². The topological polar surface area (TPSA) is 43.2 Å². The first kappa shape index (κ1) is 15.1. The summed E-state index contributed by atoms with van der Waals surface area (Å²) in [7, 11) is 0. The highest BCUT2D eigenvalue weighted by atomic mass is 16.7. The molecule has 1 aromatic rings. The SMILES string of the molecule is C[C@@H]1CCO[C@@]2(O1)C(=O)N(C[NH+]1CCCCC1)c1ccccc12. The second-order valence-corrected chi connectivity index (χ2v) is 6.90. The molecule has 4 rings (SSSR count). The highest BCUT2D eigenvalue weighted by Gasteiger charge is 2.56. The Balaban J connectivity index is 1.67. The number of ether oxygens (including phenoxy) is 2. The fourth-order valence-corrected chi connectivity index (χ4v) is 3.98. The minimum atomic E-state index is -1.22. The summed E-state index contributed by atoms with van der Waals surface area (Å²) in [6.45, 7) is 5.55. The number of likely N-dealkylation sites (tertiary alicyclic amines) is 1. The van der Waals surface area contributed by atoms with Gasteiger partial charge in [0.15, 0.2) is 6.67 Å². The Morgan fingerprint density at radius 1 is 1.26 bits per heavy atom. The third kappa shape index (κ3) is 2.47. The first-order chi connectivity index (χ1) is 11.2. The number of fused-ring (bicyclic) bond motifs is 2. The van der Waals surface area contributed by atoms with E-state index in [2.05, 4.69) is 0 Å². The van der Waals surface area contributed by atoms with Gasteiger partial charge in [0.1, 0.15) is 0 Å². The molecule has 124 valence electrons. The Morgan fingerprint density at radius 2 is 2.04 bits per heavy atom. The maximum absolute atomic E-state index is 13.2. The maximum Gasteiger partial charge on any atom is 0.296 e. The van der Waals surface area contributed by atoms with Gasteiger partial charge >= 0.3 is 0 Å². The third-order valence-electron chi connectivity index (χ3n) is 5.22. The van der Waals surface area contributed by atoms with Crippen molar-refractivity contribution in [1.29, 1.82) is 0 Å². The summed E-state index contributed by atoms with van der Waals surface area (Å²) < 4.78 is 12.0. The van der Waals surface area contributed by atoms with E-state index in [1.165, 1.54) is 24.2 Å². The van der Waals surface area contributed by atoms with Crippen LogP contribution in [-0.2, 0) is 20.1 Å². The molecule has 2 atom stereocenters. The standard InChI is InChI=1S/C18H24N2O3/c1-14-9-12-22-18(23-14)15-7-3-4-8-16(15)20(17(18)21)13-19-10-5-2-6-11-19/h3-4,7-8,14H,2,5-6,9-13H2,1H3/p+1/t14-,18+/m1/s1. The molecule has 1 aromatic carbocycles. The van der Waals surface area contributed by atoms with Gasteiger partial charge in [-0.05, 0) is 38.7 Å². The summed E-state index contributed by atoms with van der Waals surface area (Å²) in [5.74, 6) is -1.27. The highest BCUT2D eigenvalue weighted by molar-refractivity contribution is 6.05. The minimum Gasteiger partial charge on any atom is -0.338 e. The monoisotopic (exact) mass is 317 g/mol. The molecule has 3 aliphatic rings. The molecule has 5 nitrogen and oxygen atoms in total. The van der Waals surface area contributed by atoms with Crippen molar-refractivity contribution in [3.63, 3.8) is 0 Å². The number of carbonyl (C=O) groups is 1. The van der Waals surface area contributed by atoms with E-state index in [1.807, 2.05) is 36.1 Å². The van der Waals surface area contributed by atoms with Crippen molar-refractivity contribution in [2.24, 2.45) is 0 Å². The number of amides is 1. The molecule has 0 aliphatic carbocycles. The van der Waals surface area contributed by atoms with Crippen LogP contribution in [-0.4, -0.2) is 38.4 Å². The molecule has 3 heterocycles. The molecule has 3 aliphatic heterocycles. The number of piperidine rings is 1. The smallest absolute Gasteiger partial charge is 0.296 e. The fourth-order valence-electron chi connectivity index (χ4n) is 3.98. The molecule has 0 saturated carbocycles. The quantitative estimate of drug-likeness (QED) is 0.886. The lowest BCUT2D eigenvalue weighted by Crippen LogP contribution is -3.14. The number of hydrogen-bond acceptors (Lipinski definition) is 3. The molecule has 0 bridgehead atoms. The lowest BCUT2D eigenvalue weighted by Gasteiger charge is -2.36. The Hall–Kier alpha value is -1.43. The van der Waals surface area contributed by atoms with Crippen molar-refractivity contribution < 1.29 is 19.2 Å². The molecule has 0 radical (unpaired) electrons. The van der Waals surface area contributed by atoms with Crippen molar-refractivity contribution in [3.8, 4) is 0 Å². The van der Waals surface area contributed by atoms with Crippen LogP contribution in [0.5, 0.6) is 0 Å².